The average Bonchev–Trinajstić information content (AvgIpc) is 2.84. The number of hydrogen-bond acceptors (Lipinski definition) is 5. The van der Waals surface area contributed by atoms with Gasteiger partial charge in [-0.3, -0.25) is 9.48 Å². The topological polar surface area (TPSA) is 56.6 Å². The van der Waals surface area contributed by atoms with E-state index in [1.165, 1.54) is 0 Å². The van der Waals surface area contributed by atoms with Crippen molar-refractivity contribution in [1.29, 1.82) is 0 Å². The normalized spacial score (nSPS) is 11.1. The van der Waals surface area contributed by atoms with Gasteiger partial charge in [0.05, 0.1) is 26.5 Å². The van der Waals surface area contributed by atoms with E-state index in [-0.39, 0.29) is 5.78 Å². The molecule has 0 aliphatic rings. The molecule has 1 rings (SSSR count). The van der Waals surface area contributed by atoms with Crippen LogP contribution >= 0.6 is 0 Å². The molecule has 20 heavy (non-hydrogen) atoms. The molecule has 1 aromatic heterocycles. The quantitative estimate of drug-likeness (QED) is 0.480. The van der Waals surface area contributed by atoms with Crippen molar-refractivity contribution < 1.29 is 14.3 Å². The molecule has 0 saturated heterocycles. The molecule has 0 amide bonds. The number of ketones is 1. The van der Waals surface area contributed by atoms with Gasteiger partial charge in [0.1, 0.15) is 5.69 Å². The minimum Gasteiger partial charge on any atom is -0.493 e. The number of nitrogens with zero attached hydrogens (tertiary/aromatic N) is 3. The van der Waals surface area contributed by atoms with E-state index in [0.29, 0.717) is 37.6 Å². The molecule has 114 valence electrons. The van der Waals surface area contributed by atoms with Gasteiger partial charge in [-0.25, -0.2) is 0 Å². The number of ether oxygens (including phenoxy) is 2. The Balaban J connectivity index is 2.69. The molecule has 6 nitrogen and oxygen atoms in total. The van der Waals surface area contributed by atoms with Gasteiger partial charge >= 0.3 is 0 Å². The van der Waals surface area contributed by atoms with Gasteiger partial charge in [-0.05, 0) is 20.5 Å². The summed E-state index contributed by atoms with van der Waals surface area (Å²) in [6.45, 7) is 4.64. The number of methoxy groups -OCH3 is 1. The molecule has 0 N–H and O–H groups in total. The first-order valence-corrected chi connectivity index (χ1v) is 6.95. The zero-order valence-electron chi connectivity index (χ0n) is 12.9. The van der Waals surface area contributed by atoms with Crippen molar-refractivity contribution in [3.63, 3.8) is 0 Å². The lowest BCUT2D eigenvalue weighted by Gasteiger charge is -2.12. The van der Waals surface area contributed by atoms with Crippen LogP contribution in [0.4, 0.5) is 0 Å². The second-order valence-electron chi connectivity index (χ2n) is 4.87. The minimum atomic E-state index is 0.00853. The van der Waals surface area contributed by atoms with Crippen molar-refractivity contribution in [2.24, 2.45) is 0 Å². The first-order valence-electron chi connectivity index (χ1n) is 6.95. The zero-order valence-corrected chi connectivity index (χ0v) is 12.9. The summed E-state index contributed by atoms with van der Waals surface area (Å²) < 4.78 is 12.3. The van der Waals surface area contributed by atoms with Crippen molar-refractivity contribution >= 4 is 5.78 Å². The van der Waals surface area contributed by atoms with Crippen molar-refractivity contribution in [1.82, 2.24) is 14.7 Å². The smallest absolute Gasteiger partial charge is 0.186 e. The highest BCUT2D eigenvalue weighted by molar-refractivity contribution is 5.97. The number of likely N-dealkylation sites (N-methyl/N-ethyl adjacent to an activating group) is 1. The van der Waals surface area contributed by atoms with Crippen molar-refractivity contribution in [3.8, 4) is 5.75 Å². The number of aromatic nitrogens is 2. The van der Waals surface area contributed by atoms with E-state index in [4.69, 9.17) is 9.47 Å². The molecule has 0 aliphatic heterocycles. The molecule has 0 radical (unpaired) electrons. The molecule has 0 spiro atoms. The van der Waals surface area contributed by atoms with Crippen LogP contribution < -0.4 is 4.74 Å². The predicted octanol–water partition coefficient (Wildman–Crippen LogP) is 1.45. The average molecular weight is 283 g/mol. The van der Waals surface area contributed by atoms with Gasteiger partial charge < -0.3 is 14.4 Å². The summed E-state index contributed by atoms with van der Waals surface area (Å²) in [5.74, 6) is 0.540. The van der Waals surface area contributed by atoms with E-state index in [0.717, 1.165) is 13.0 Å². The molecule has 6 heteroatoms. The SMILES string of the molecule is CCCOCCC(=O)c1c(OC)cnn1CCN(C)C. The Labute approximate surface area is 120 Å². The van der Waals surface area contributed by atoms with E-state index >= 15 is 0 Å². The van der Waals surface area contributed by atoms with Crippen molar-refractivity contribution in [2.75, 3.05) is 41.0 Å². The third-order valence-electron chi connectivity index (χ3n) is 2.87. The van der Waals surface area contributed by atoms with Crippen LogP contribution in [0.1, 0.15) is 30.3 Å². The fourth-order valence-corrected chi connectivity index (χ4v) is 1.79. The summed E-state index contributed by atoms with van der Waals surface area (Å²) >= 11 is 0. The van der Waals surface area contributed by atoms with Crippen LogP contribution in [0.15, 0.2) is 6.20 Å². The molecule has 0 fully saturated rings. The molecule has 0 atom stereocenters. The van der Waals surface area contributed by atoms with Gasteiger partial charge in [-0.2, -0.15) is 5.10 Å². The summed E-state index contributed by atoms with van der Waals surface area (Å²) in [4.78, 5) is 14.3. The lowest BCUT2D eigenvalue weighted by atomic mass is 10.2. The van der Waals surface area contributed by atoms with Gasteiger partial charge in [-0.15, -0.1) is 0 Å². The Bertz CT molecular complexity index is 416. The molecule has 1 aromatic rings. The van der Waals surface area contributed by atoms with Crippen LogP contribution in [0.5, 0.6) is 5.75 Å². The van der Waals surface area contributed by atoms with E-state index in [9.17, 15) is 4.79 Å². The third kappa shape index (κ3) is 4.94. The van der Waals surface area contributed by atoms with Gasteiger partial charge in [0, 0.05) is 19.6 Å². The van der Waals surface area contributed by atoms with Gasteiger partial charge in [-0.1, -0.05) is 6.92 Å². The van der Waals surface area contributed by atoms with Crippen LogP contribution in [-0.4, -0.2) is 61.4 Å². The maximum absolute atomic E-state index is 12.3. The van der Waals surface area contributed by atoms with Crippen molar-refractivity contribution in [3.05, 3.63) is 11.9 Å². The Hall–Kier alpha value is -1.40. The van der Waals surface area contributed by atoms with E-state index in [1.807, 2.05) is 25.9 Å². The summed E-state index contributed by atoms with van der Waals surface area (Å²) in [5, 5.41) is 4.23. The molecule has 0 saturated carbocycles. The molecular formula is C14H25N3O3. The standard InChI is InChI=1S/C14H25N3O3/c1-5-9-20-10-6-12(18)14-13(19-4)11-15-17(14)8-7-16(2)3/h11H,5-10H2,1-4H3. The van der Waals surface area contributed by atoms with Gasteiger partial charge in [0.15, 0.2) is 11.5 Å². The van der Waals surface area contributed by atoms with Crippen LogP contribution in [0.25, 0.3) is 0 Å². The van der Waals surface area contributed by atoms with Crippen LogP contribution in [0.3, 0.4) is 0 Å². The first-order chi connectivity index (χ1) is 9.60. The molecule has 0 aliphatic carbocycles. The molecule has 0 unspecified atom stereocenters. The van der Waals surface area contributed by atoms with Gasteiger partial charge in [0.25, 0.3) is 0 Å². The predicted molar refractivity (Wildman–Crippen MR) is 77.4 cm³/mol. The monoisotopic (exact) mass is 283 g/mol. The third-order valence-corrected chi connectivity index (χ3v) is 2.87. The zero-order chi connectivity index (χ0) is 15.0. The number of hydrogen-bond donors (Lipinski definition) is 0. The molecule has 0 bridgehead atoms. The lowest BCUT2D eigenvalue weighted by molar-refractivity contribution is 0.0865. The first kappa shape index (κ1) is 16.7. The maximum atomic E-state index is 12.3. The number of rotatable bonds is 10. The molecule has 0 aromatic carbocycles. The molecular weight excluding hydrogens is 258 g/mol. The Morgan fingerprint density at radius 1 is 1.40 bits per heavy atom. The number of carbonyl (C=O) groups is 1. The van der Waals surface area contributed by atoms with Gasteiger partial charge in [0.2, 0.25) is 0 Å². The van der Waals surface area contributed by atoms with Crippen LogP contribution in [0, 0.1) is 0 Å². The fourth-order valence-electron chi connectivity index (χ4n) is 1.79. The number of carbonyl (C=O) groups excluding carboxylic acids is 1. The Morgan fingerprint density at radius 2 is 2.15 bits per heavy atom. The summed E-state index contributed by atoms with van der Waals surface area (Å²) in [7, 11) is 5.53. The maximum Gasteiger partial charge on any atom is 0.186 e. The summed E-state index contributed by atoms with van der Waals surface area (Å²) in [5.41, 5.74) is 0.537. The Kier molecular flexibility index (Phi) is 7.25. The number of Topliss-reactive ketones (excluding diaryl/α,β-unsaturated/α-hetero) is 1. The second-order valence-corrected chi connectivity index (χ2v) is 4.87. The van der Waals surface area contributed by atoms with Crippen LogP contribution in [0.2, 0.25) is 0 Å². The minimum absolute atomic E-state index is 0.00853. The molecule has 1 heterocycles. The summed E-state index contributed by atoms with van der Waals surface area (Å²) in [6, 6.07) is 0. The lowest BCUT2D eigenvalue weighted by Crippen LogP contribution is -2.22. The summed E-state index contributed by atoms with van der Waals surface area (Å²) in [6.07, 6.45) is 2.90. The van der Waals surface area contributed by atoms with E-state index in [2.05, 4.69) is 5.10 Å². The largest absolute Gasteiger partial charge is 0.493 e. The second kappa shape index (κ2) is 8.71. The Morgan fingerprint density at radius 3 is 2.75 bits per heavy atom. The highest BCUT2D eigenvalue weighted by Crippen LogP contribution is 2.19. The van der Waals surface area contributed by atoms with E-state index in [1.54, 1.807) is 18.0 Å². The fraction of sp³-hybridized carbons (Fsp3) is 0.714. The highest BCUT2D eigenvalue weighted by atomic mass is 16.5. The van der Waals surface area contributed by atoms with Crippen LogP contribution in [-0.2, 0) is 11.3 Å². The van der Waals surface area contributed by atoms with E-state index < -0.39 is 0 Å². The van der Waals surface area contributed by atoms with Crippen molar-refractivity contribution in [2.45, 2.75) is 26.3 Å². The highest BCUT2D eigenvalue weighted by Gasteiger charge is 2.19.